The molecule has 1 aromatic heterocycles. The van der Waals surface area contributed by atoms with Crippen LogP contribution in [-0.4, -0.2) is 38.8 Å². The van der Waals surface area contributed by atoms with E-state index in [2.05, 4.69) is 4.98 Å². The molecular weight excluding hydrogens is 264 g/mol. The Morgan fingerprint density at radius 1 is 1.35 bits per heavy atom. The number of aliphatic hydroxyl groups excluding tert-OH is 1. The number of rotatable bonds is 4. The van der Waals surface area contributed by atoms with Gasteiger partial charge in [-0.05, 0) is 31.5 Å². The van der Waals surface area contributed by atoms with Crippen LogP contribution in [0.5, 0.6) is 0 Å². The topological polar surface area (TPSA) is 41.3 Å². The Morgan fingerprint density at radius 3 is 2.90 bits per heavy atom. The highest BCUT2D eigenvalue weighted by Crippen LogP contribution is 2.26. The van der Waals surface area contributed by atoms with Crippen molar-refractivity contribution < 1.29 is 13.9 Å². The highest BCUT2D eigenvalue weighted by atomic mass is 19.3. The number of aromatic nitrogens is 2. The molecule has 0 amide bonds. The number of imidazole rings is 1. The van der Waals surface area contributed by atoms with Crippen molar-refractivity contribution in [2.24, 2.45) is 0 Å². The summed E-state index contributed by atoms with van der Waals surface area (Å²) >= 11 is 0. The van der Waals surface area contributed by atoms with Crippen LogP contribution in [0.4, 0.5) is 8.78 Å². The molecule has 6 heteroatoms. The van der Waals surface area contributed by atoms with E-state index in [0.29, 0.717) is 23.4 Å². The maximum Gasteiger partial charge on any atom is 0.320 e. The zero-order valence-corrected chi connectivity index (χ0v) is 11.0. The molecule has 1 atom stereocenters. The number of benzene rings is 1. The van der Waals surface area contributed by atoms with Gasteiger partial charge in [-0.2, -0.15) is 8.78 Å². The summed E-state index contributed by atoms with van der Waals surface area (Å²) in [6.45, 7) is -1.37. The van der Waals surface area contributed by atoms with Crippen molar-refractivity contribution in [3.63, 3.8) is 0 Å². The van der Waals surface area contributed by atoms with Crippen LogP contribution in [0.25, 0.3) is 11.0 Å². The monoisotopic (exact) mass is 281 g/mol. The van der Waals surface area contributed by atoms with Gasteiger partial charge in [0.2, 0.25) is 0 Å². The highest BCUT2D eigenvalue weighted by molar-refractivity contribution is 5.75. The van der Waals surface area contributed by atoms with Gasteiger partial charge in [-0.3, -0.25) is 9.47 Å². The lowest BCUT2D eigenvalue weighted by atomic mass is 10.2. The zero-order chi connectivity index (χ0) is 14.1. The molecule has 0 bridgehead atoms. The van der Waals surface area contributed by atoms with Crippen LogP contribution < -0.4 is 0 Å². The summed E-state index contributed by atoms with van der Waals surface area (Å²) < 4.78 is 27.6. The summed E-state index contributed by atoms with van der Waals surface area (Å²) in [5, 5.41) is 9.32. The Balaban J connectivity index is 1.96. The van der Waals surface area contributed by atoms with Gasteiger partial charge < -0.3 is 5.11 Å². The van der Waals surface area contributed by atoms with Gasteiger partial charge >= 0.3 is 6.55 Å². The van der Waals surface area contributed by atoms with Crippen LogP contribution in [0.2, 0.25) is 0 Å². The van der Waals surface area contributed by atoms with Crippen molar-refractivity contribution >= 4 is 11.0 Å². The average molecular weight is 281 g/mol. The summed E-state index contributed by atoms with van der Waals surface area (Å²) in [6.07, 6.45) is 1.89. The number of nitrogens with zero attached hydrogens (tertiary/aromatic N) is 3. The minimum atomic E-state index is -2.60. The average Bonchev–Trinajstić information content (AvgIpc) is 3.02. The largest absolute Gasteiger partial charge is 0.395 e. The molecule has 2 heterocycles. The molecule has 1 N–H and O–H groups in total. The molecule has 1 saturated heterocycles. The number of hydrogen-bond acceptors (Lipinski definition) is 3. The first kappa shape index (κ1) is 13.5. The Morgan fingerprint density at radius 2 is 2.15 bits per heavy atom. The van der Waals surface area contributed by atoms with Crippen LogP contribution in [0, 0.1) is 0 Å². The molecular formula is C14H17F2N3O. The molecule has 1 fully saturated rings. The molecule has 108 valence electrons. The molecule has 4 nitrogen and oxygen atoms in total. The SMILES string of the molecule is OC[C@@H]1CCCN1Cc1nc2ccccc2n1C(F)F. The van der Waals surface area contributed by atoms with Crippen LogP contribution in [0.1, 0.15) is 25.2 Å². The van der Waals surface area contributed by atoms with Crippen LogP contribution in [0.3, 0.4) is 0 Å². The van der Waals surface area contributed by atoms with Crippen molar-refractivity contribution in [2.45, 2.75) is 32.0 Å². The maximum absolute atomic E-state index is 13.3. The summed E-state index contributed by atoms with van der Waals surface area (Å²) in [6, 6.07) is 6.98. The summed E-state index contributed by atoms with van der Waals surface area (Å²) in [7, 11) is 0. The van der Waals surface area contributed by atoms with E-state index in [9.17, 15) is 13.9 Å². The van der Waals surface area contributed by atoms with E-state index in [-0.39, 0.29) is 12.6 Å². The molecule has 0 spiro atoms. The van der Waals surface area contributed by atoms with Crippen LogP contribution in [0.15, 0.2) is 24.3 Å². The molecule has 0 saturated carbocycles. The Kier molecular flexibility index (Phi) is 3.67. The second-order valence-electron chi connectivity index (χ2n) is 5.11. The van der Waals surface area contributed by atoms with Crippen molar-refractivity contribution in [1.82, 2.24) is 14.5 Å². The van der Waals surface area contributed by atoms with E-state index in [4.69, 9.17) is 0 Å². The first-order valence-corrected chi connectivity index (χ1v) is 6.79. The highest BCUT2D eigenvalue weighted by Gasteiger charge is 2.27. The smallest absolute Gasteiger partial charge is 0.320 e. The van der Waals surface area contributed by atoms with Gasteiger partial charge in [-0.1, -0.05) is 12.1 Å². The maximum atomic E-state index is 13.3. The lowest BCUT2D eigenvalue weighted by Crippen LogP contribution is -2.32. The van der Waals surface area contributed by atoms with E-state index in [1.165, 1.54) is 0 Å². The Labute approximate surface area is 115 Å². The number of fused-ring (bicyclic) bond motifs is 1. The number of para-hydroxylation sites is 2. The van der Waals surface area contributed by atoms with Crippen molar-refractivity contribution in [2.75, 3.05) is 13.2 Å². The molecule has 20 heavy (non-hydrogen) atoms. The molecule has 0 unspecified atom stereocenters. The van der Waals surface area contributed by atoms with Crippen LogP contribution in [-0.2, 0) is 6.54 Å². The number of aliphatic hydroxyl groups is 1. The minimum Gasteiger partial charge on any atom is -0.395 e. The van der Waals surface area contributed by atoms with Gasteiger partial charge in [0.05, 0.1) is 24.2 Å². The summed E-state index contributed by atoms with van der Waals surface area (Å²) in [5.41, 5.74) is 1.04. The molecule has 2 aromatic rings. The normalized spacial score (nSPS) is 20.3. The predicted molar refractivity (Wildman–Crippen MR) is 71.5 cm³/mol. The van der Waals surface area contributed by atoms with Crippen molar-refractivity contribution in [3.05, 3.63) is 30.1 Å². The predicted octanol–water partition coefficient (Wildman–Crippen LogP) is 2.39. The van der Waals surface area contributed by atoms with Crippen molar-refractivity contribution in [3.8, 4) is 0 Å². The van der Waals surface area contributed by atoms with Gasteiger partial charge in [0.25, 0.3) is 0 Å². The van der Waals surface area contributed by atoms with E-state index in [0.717, 1.165) is 24.0 Å². The Bertz CT molecular complexity index is 599. The lowest BCUT2D eigenvalue weighted by molar-refractivity contribution is 0.0664. The molecule has 1 aliphatic rings. The fourth-order valence-corrected chi connectivity index (χ4v) is 2.92. The molecule has 1 aliphatic heterocycles. The standard InChI is InChI=1S/C14H17F2N3O/c15-14(16)19-12-6-2-1-5-11(12)17-13(19)8-18-7-3-4-10(18)9-20/h1-2,5-6,10,14,20H,3-4,7-9H2/t10-/m0/s1. The molecule has 0 radical (unpaired) electrons. The number of alkyl halides is 2. The van der Waals surface area contributed by atoms with E-state index in [1.807, 2.05) is 4.90 Å². The Hall–Kier alpha value is -1.53. The molecule has 0 aliphatic carbocycles. The van der Waals surface area contributed by atoms with Crippen LogP contribution >= 0.6 is 0 Å². The van der Waals surface area contributed by atoms with Gasteiger partial charge in [0.15, 0.2) is 0 Å². The van der Waals surface area contributed by atoms with Gasteiger partial charge in [-0.15, -0.1) is 0 Å². The van der Waals surface area contributed by atoms with Gasteiger partial charge in [0.1, 0.15) is 5.82 Å². The summed E-state index contributed by atoms with van der Waals surface area (Å²) in [5.74, 6) is 0.363. The molecule has 1 aromatic carbocycles. The van der Waals surface area contributed by atoms with Gasteiger partial charge in [0, 0.05) is 6.04 Å². The fourth-order valence-electron chi connectivity index (χ4n) is 2.92. The first-order valence-electron chi connectivity index (χ1n) is 6.79. The van der Waals surface area contributed by atoms with E-state index >= 15 is 0 Å². The third-order valence-electron chi connectivity index (χ3n) is 3.92. The number of likely N-dealkylation sites (tertiary alicyclic amines) is 1. The zero-order valence-electron chi connectivity index (χ0n) is 11.0. The fraction of sp³-hybridized carbons (Fsp3) is 0.500. The number of halogens is 2. The second-order valence-corrected chi connectivity index (χ2v) is 5.11. The first-order chi connectivity index (χ1) is 9.70. The number of hydrogen-bond donors (Lipinski definition) is 1. The quantitative estimate of drug-likeness (QED) is 0.935. The third kappa shape index (κ3) is 2.29. The third-order valence-corrected chi connectivity index (χ3v) is 3.92. The second kappa shape index (κ2) is 5.46. The minimum absolute atomic E-state index is 0.0564. The lowest BCUT2D eigenvalue weighted by Gasteiger charge is -2.22. The van der Waals surface area contributed by atoms with Gasteiger partial charge in [-0.25, -0.2) is 4.98 Å². The molecule has 3 rings (SSSR count). The van der Waals surface area contributed by atoms with Crippen molar-refractivity contribution in [1.29, 1.82) is 0 Å². The summed E-state index contributed by atoms with van der Waals surface area (Å²) in [4.78, 5) is 6.35. The van der Waals surface area contributed by atoms with E-state index in [1.54, 1.807) is 24.3 Å². The van der Waals surface area contributed by atoms with E-state index < -0.39 is 6.55 Å².